The van der Waals surface area contributed by atoms with Crippen molar-refractivity contribution in [1.82, 2.24) is 4.57 Å². The molecule has 1 N–H and O–H groups in total. The molecule has 0 saturated carbocycles. The Kier molecular flexibility index (Phi) is 4.60. The van der Waals surface area contributed by atoms with Gasteiger partial charge < -0.3 is 19.1 Å². The highest BCUT2D eigenvalue weighted by molar-refractivity contribution is 6.15. The molecule has 0 saturated heterocycles. The number of esters is 1. The third-order valence-electron chi connectivity index (χ3n) is 6.55. The first kappa shape index (κ1) is 20.9. The number of ether oxygens (including phenoxy) is 2. The van der Waals surface area contributed by atoms with E-state index in [0.717, 1.165) is 22.0 Å². The smallest absolute Gasteiger partial charge is 0.335 e. The average molecular weight is 465 g/mol. The molecule has 7 heteroatoms. The Labute approximate surface area is 199 Å². The third kappa shape index (κ3) is 3.32. The largest absolute Gasteiger partial charge is 0.478 e. The number of carbonyl (C=O) groups is 3. The summed E-state index contributed by atoms with van der Waals surface area (Å²) in [7, 11) is 1.95. The van der Waals surface area contributed by atoms with E-state index in [1.54, 1.807) is 30.3 Å². The van der Waals surface area contributed by atoms with Crippen molar-refractivity contribution >= 4 is 34.7 Å². The summed E-state index contributed by atoms with van der Waals surface area (Å²) in [6.07, 6.45) is 3.74. The second-order valence-corrected chi connectivity index (χ2v) is 8.66. The van der Waals surface area contributed by atoms with Gasteiger partial charge in [0.1, 0.15) is 11.5 Å². The molecule has 1 aromatic heterocycles. The number of benzene rings is 3. The summed E-state index contributed by atoms with van der Waals surface area (Å²) in [6.45, 7) is 0. The lowest BCUT2D eigenvalue weighted by Gasteiger charge is -2.26. The van der Waals surface area contributed by atoms with Gasteiger partial charge in [0.05, 0.1) is 17.5 Å². The van der Waals surface area contributed by atoms with Crippen LogP contribution in [0.4, 0.5) is 0 Å². The van der Waals surface area contributed by atoms with E-state index < -0.39 is 17.9 Å². The lowest BCUT2D eigenvalue weighted by atomic mass is 9.84. The third-order valence-corrected chi connectivity index (χ3v) is 6.55. The van der Waals surface area contributed by atoms with Gasteiger partial charge in [-0.2, -0.15) is 0 Å². The number of aryl methyl sites for hydroxylation is 1. The molecule has 172 valence electrons. The number of aromatic nitrogens is 1. The number of para-hydroxylation sites is 1. The molecule has 3 aromatic carbocycles. The van der Waals surface area contributed by atoms with Crippen molar-refractivity contribution in [2.75, 3.05) is 0 Å². The molecule has 0 amide bonds. The van der Waals surface area contributed by atoms with Gasteiger partial charge in [-0.05, 0) is 42.0 Å². The predicted molar refractivity (Wildman–Crippen MR) is 128 cm³/mol. The fraction of sp³-hybridized carbons (Fsp3) is 0.107. The first-order valence-corrected chi connectivity index (χ1v) is 11.1. The van der Waals surface area contributed by atoms with Gasteiger partial charge >= 0.3 is 11.9 Å². The monoisotopic (exact) mass is 465 g/mol. The van der Waals surface area contributed by atoms with Crippen molar-refractivity contribution in [2.45, 2.75) is 12.3 Å². The van der Waals surface area contributed by atoms with Crippen LogP contribution in [0.2, 0.25) is 0 Å². The first-order valence-electron chi connectivity index (χ1n) is 11.1. The summed E-state index contributed by atoms with van der Waals surface area (Å²) in [4.78, 5) is 36.9. The number of nitrogens with zero attached hydrogens (tertiary/aromatic N) is 1. The second kappa shape index (κ2) is 7.70. The molecule has 0 fully saturated rings. The maximum atomic E-state index is 13.3. The molecule has 7 nitrogen and oxygen atoms in total. The molecular formula is C28H19NO6. The number of rotatable bonds is 3. The Morgan fingerprint density at radius 1 is 1.03 bits per heavy atom. The Balaban J connectivity index is 1.45. The Morgan fingerprint density at radius 3 is 2.57 bits per heavy atom. The highest BCUT2D eigenvalue weighted by atomic mass is 16.5. The molecule has 0 aliphatic carbocycles. The van der Waals surface area contributed by atoms with Crippen LogP contribution in [0.25, 0.3) is 17.0 Å². The van der Waals surface area contributed by atoms with Crippen molar-refractivity contribution < 1.29 is 29.0 Å². The van der Waals surface area contributed by atoms with Crippen LogP contribution < -0.4 is 9.47 Å². The summed E-state index contributed by atoms with van der Waals surface area (Å²) in [6, 6.07) is 17.5. The average Bonchev–Trinajstić information content (AvgIpc) is 3.35. The number of hydrogen-bond donors (Lipinski definition) is 1. The number of Topliss-reactive ketones (excluding diaryl/α,β-unsaturated/α-hetero) is 1. The number of ketones is 1. The van der Waals surface area contributed by atoms with Crippen molar-refractivity contribution in [3.05, 3.63) is 100 Å². The van der Waals surface area contributed by atoms with Crippen LogP contribution >= 0.6 is 0 Å². The molecule has 3 heterocycles. The standard InChI is InChI=1S/C28H19NO6/c1-29-14-17(18-4-2-3-5-21(18)29)12-23-26(31)19-10-11-22-25(27(19)35-23)20(13-24(30)34-22)15-6-8-16(9-7-15)28(32)33/h2-12,14,20H,13H2,1H3,(H,32,33)/b23-12-/t20-/m0/s1. The number of allylic oxidation sites excluding steroid dienone is 1. The van der Waals surface area contributed by atoms with Crippen LogP contribution in [0.5, 0.6) is 11.5 Å². The normalized spacial score (nSPS) is 17.7. The van der Waals surface area contributed by atoms with Gasteiger partial charge in [0.25, 0.3) is 0 Å². The number of carboxylic acids is 1. The van der Waals surface area contributed by atoms with Crippen LogP contribution in [-0.2, 0) is 11.8 Å². The van der Waals surface area contributed by atoms with Crippen molar-refractivity contribution in [3.63, 3.8) is 0 Å². The van der Waals surface area contributed by atoms with Crippen LogP contribution in [0.1, 0.15) is 49.7 Å². The molecule has 0 spiro atoms. The van der Waals surface area contributed by atoms with E-state index in [4.69, 9.17) is 9.47 Å². The molecule has 4 aromatic rings. The molecule has 6 rings (SSSR count). The van der Waals surface area contributed by atoms with Crippen LogP contribution in [0.15, 0.2) is 72.6 Å². The van der Waals surface area contributed by atoms with Crippen molar-refractivity contribution in [1.29, 1.82) is 0 Å². The number of carbonyl (C=O) groups excluding carboxylic acids is 2. The fourth-order valence-electron chi connectivity index (χ4n) is 4.88. The Hall–Kier alpha value is -4.65. The van der Waals surface area contributed by atoms with Crippen molar-refractivity contribution in [3.8, 4) is 11.5 Å². The van der Waals surface area contributed by atoms with Gasteiger partial charge in [-0.25, -0.2) is 4.79 Å². The minimum Gasteiger partial charge on any atom is -0.478 e. The van der Waals surface area contributed by atoms with Crippen LogP contribution in [0.3, 0.4) is 0 Å². The van der Waals surface area contributed by atoms with Crippen molar-refractivity contribution in [2.24, 2.45) is 7.05 Å². The topological polar surface area (TPSA) is 94.8 Å². The molecule has 1 atom stereocenters. The second-order valence-electron chi connectivity index (χ2n) is 8.66. The minimum atomic E-state index is -1.03. The molecular weight excluding hydrogens is 446 g/mol. The van der Waals surface area contributed by atoms with Gasteiger partial charge in [-0.3, -0.25) is 9.59 Å². The zero-order valence-electron chi connectivity index (χ0n) is 18.6. The number of fused-ring (bicyclic) bond motifs is 4. The quantitative estimate of drug-likeness (QED) is 0.262. The first-order chi connectivity index (χ1) is 16.9. The van der Waals surface area contributed by atoms with E-state index >= 15 is 0 Å². The van der Waals surface area contributed by atoms with E-state index in [-0.39, 0.29) is 23.5 Å². The molecule has 2 aliphatic heterocycles. The Morgan fingerprint density at radius 2 is 1.80 bits per heavy atom. The Bertz CT molecular complexity index is 1590. The van der Waals surface area contributed by atoms with Gasteiger partial charge in [0.15, 0.2) is 5.76 Å². The van der Waals surface area contributed by atoms with E-state index in [9.17, 15) is 19.5 Å². The molecule has 0 unspecified atom stereocenters. The van der Waals surface area contributed by atoms with Gasteiger partial charge in [0.2, 0.25) is 5.78 Å². The maximum absolute atomic E-state index is 13.3. The van der Waals surface area contributed by atoms with E-state index in [0.29, 0.717) is 22.6 Å². The van der Waals surface area contributed by atoms with Gasteiger partial charge in [-0.15, -0.1) is 0 Å². The summed E-state index contributed by atoms with van der Waals surface area (Å²) in [5.74, 6) is -1.20. The number of aromatic carboxylic acids is 1. The highest BCUT2D eigenvalue weighted by Crippen LogP contribution is 2.49. The van der Waals surface area contributed by atoms with E-state index in [2.05, 4.69) is 0 Å². The SMILES string of the molecule is Cn1cc(/C=C2\Oc3c(ccc4c3[C@H](c3ccc(C(=O)O)cc3)CC(=O)O4)C2=O)c2ccccc21. The highest BCUT2D eigenvalue weighted by Gasteiger charge is 2.38. The fourth-order valence-corrected chi connectivity index (χ4v) is 4.88. The van der Waals surface area contributed by atoms with E-state index in [1.165, 1.54) is 12.1 Å². The molecule has 0 radical (unpaired) electrons. The molecule has 0 bridgehead atoms. The number of hydrogen-bond acceptors (Lipinski definition) is 5. The summed E-state index contributed by atoms with van der Waals surface area (Å²) in [5.41, 5.74) is 3.80. The van der Waals surface area contributed by atoms with Crippen LogP contribution in [-0.4, -0.2) is 27.4 Å². The maximum Gasteiger partial charge on any atom is 0.335 e. The summed E-state index contributed by atoms with van der Waals surface area (Å²) >= 11 is 0. The lowest BCUT2D eigenvalue weighted by Crippen LogP contribution is -2.21. The zero-order valence-corrected chi connectivity index (χ0v) is 18.6. The zero-order chi connectivity index (χ0) is 24.3. The summed E-state index contributed by atoms with van der Waals surface area (Å²) < 4.78 is 13.6. The number of carboxylic acid groups (broad SMARTS) is 1. The van der Waals surface area contributed by atoms with Gasteiger partial charge in [0, 0.05) is 41.2 Å². The van der Waals surface area contributed by atoms with Gasteiger partial charge in [-0.1, -0.05) is 30.3 Å². The van der Waals surface area contributed by atoms with Crippen LogP contribution in [0, 0.1) is 0 Å². The molecule has 35 heavy (non-hydrogen) atoms. The lowest BCUT2D eigenvalue weighted by molar-refractivity contribution is -0.135. The predicted octanol–water partition coefficient (Wildman–Crippen LogP) is 4.93. The minimum absolute atomic E-state index is 0.0514. The molecule has 2 aliphatic rings. The summed E-state index contributed by atoms with van der Waals surface area (Å²) in [5, 5.41) is 10.2. The van der Waals surface area contributed by atoms with E-state index in [1.807, 2.05) is 42.1 Å².